The van der Waals surface area contributed by atoms with Crippen LogP contribution in [0, 0.1) is 21.4 Å². The van der Waals surface area contributed by atoms with Gasteiger partial charge >= 0.3 is 0 Å². The summed E-state index contributed by atoms with van der Waals surface area (Å²) in [6.07, 6.45) is 0. The quantitative estimate of drug-likeness (QED) is 0.648. The van der Waals surface area contributed by atoms with Crippen molar-refractivity contribution in [2.75, 3.05) is 5.32 Å². The van der Waals surface area contributed by atoms with Crippen LogP contribution >= 0.6 is 11.5 Å². The monoisotopic (exact) mass is 262 g/mol. The minimum atomic E-state index is -0.501. The summed E-state index contributed by atoms with van der Waals surface area (Å²) in [5.41, 5.74) is 0.0842. The average Bonchev–Trinajstić information content (AvgIpc) is 2.70. The lowest BCUT2D eigenvalue weighted by Gasteiger charge is -2.02. The molecular formula is C10H6N4O3S. The maximum Gasteiger partial charge on any atom is 0.278 e. The first-order valence-electron chi connectivity index (χ1n) is 4.75. The summed E-state index contributed by atoms with van der Waals surface area (Å²) in [5, 5.41) is 22.5. The molecule has 1 aromatic heterocycles. The van der Waals surface area contributed by atoms with Crippen LogP contribution in [0.3, 0.4) is 0 Å². The van der Waals surface area contributed by atoms with Crippen LogP contribution in [0.1, 0.15) is 5.56 Å². The molecule has 0 unspecified atom stereocenters. The number of rotatable bonds is 3. The standard InChI is InChI=1S/C10H6N4O3S/c11-5-8-9(15)13-18-10(8)12-6-1-3-7(4-2-6)14(16)17/h1-4,12H,(H,13,15). The number of nitrogens with zero attached hydrogens (tertiary/aromatic N) is 2. The molecule has 90 valence electrons. The molecule has 0 saturated heterocycles. The van der Waals surface area contributed by atoms with Gasteiger partial charge in [-0.15, -0.1) is 0 Å². The summed E-state index contributed by atoms with van der Waals surface area (Å²) < 4.78 is 2.43. The smallest absolute Gasteiger partial charge is 0.278 e. The topological polar surface area (TPSA) is 112 Å². The van der Waals surface area contributed by atoms with E-state index in [0.717, 1.165) is 11.5 Å². The second-order valence-electron chi connectivity index (χ2n) is 3.28. The average molecular weight is 262 g/mol. The van der Waals surface area contributed by atoms with E-state index in [-0.39, 0.29) is 11.3 Å². The molecule has 2 aromatic rings. The number of aromatic nitrogens is 1. The first-order chi connectivity index (χ1) is 8.61. The number of aromatic amines is 1. The van der Waals surface area contributed by atoms with Gasteiger partial charge in [0, 0.05) is 17.8 Å². The number of non-ortho nitro benzene ring substituents is 1. The van der Waals surface area contributed by atoms with Crippen LogP contribution in [-0.2, 0) is 0 Å². The Labute approximate surface area is 105 Å². The summed E-state index contributed by atoms with van der Waals surface area (Å²) in [6, 6.07) is 7.47. The van der Waals surface area contributed by atoms with Gasteiger partial charge in [-0.3, -0.25) is 19.3 Å². The fourth-order valence-corrected chi connectivity index (χ4v) is 2.00. The first kappa shape index (κ1) is 11.8. The zero-order valence-corrected chi connectivity index (χ0v) is 9.65. The van der Waals surface area contributed by atoms with Crippen LogP contribution in [0.2, 0.25) is 0 Å². The van der Waals surface area contributed by atoms with Crippen molar-refractivity contribution in [1.29, 1.82) is 5.26 Å². The molecule has 1 heterocycles. The van der Waals surface area contributed by atoms with Crippen molar-refractivity contribution in [3.63, 3.8) is 0 Å². The number of H-pyrrole nitrogens is 1. The molecule has 8 heteroatoms. The van der Waals surface area contributed by atoms with Crippen LogP contribution in [0.15, 0.2) is 29.1 Å². The fourth-order valence-electron chi connectivity index (χ4n) is 1.29. The lowest BCUT2D eigenvalue weighted by atomic mass is 10.3. The van der Waals surface area contributed by atoms with Crippen LogP contribution in [-0.4, -0.2) is 9.30 Å². The van der Waals surface area contributed by atoms with Crippen LogP contribution in [0.25, 0.3) is 0 Å². The number of nitriles is 1. The summed E-state index contributed by atoms with van der Waals surface area (Å²) in [7, 11) is 0. The Bertz CT molecular complexity index is 680. The number of nitro groups is 1. The second-order valence-corrected chi connectivity index (χ2v) is 4.09. The molecule has 0 bridgehead atoms. The van der Waals surface area contributed by atoms with Crippen molar-refractivity contribution in [2.45, 2.75) is 0 Å². The molecule has 1 aromatic carbocycles. The normalized spacial score (nSPS) is 9.72. The van der Waals surface area contributed by atoms with Gasteiger partial charge in [-0.05, 0) is 23.7 Å². The maximum absolute atomic E-state index is 11.2. The number of benzene rings is 1. The molecule has 0 saturated carbocycles. The van der Waals surface area contributed by atoms with Crippen molar-refractivity contribution >= 4 is 27.9 Å². The number of nitro benzene ring substituents is 1. The fraction of sp³-hybridized carbons (Fsp3) is 0. The van der Waals surface area contributed by atoms with Gasteiger partial charge in [-0.1, -0.05) is 0 Å². The predicted octanol–water partition coefficient (Wildman–Crippen LogP) is 1.96. The van der Waals surface area contributed by atoms with Crippen LogP contribution in [0.4, 0.5) is 16.4 Å². The molecule has 0 spiro atoms. The van der Waals surface area contributed by atoms with Gasteiger partial charge in [0.05, 0.1) is 4.92 Å². The lowest BCUT2D eigenvalue weighted by Crippen LogP contribution is -2.02. The maximum atomic E-state index is 11.2. The molecule has 2 N–H and O–H groups in total. The number of hydrogen-bond donors (Lipinski definition) is 2. The molecule has 0 aliphatic heterocycles. The summed E-state index contributed by atoms with van der Waals surface area (Å²) in [4.78, 5) is 21.2. The van der Waals surface area contributed by atoms with E-state index >= 15 is 0 Å². The van der Waals surface area contributed by atoms with Crippen molar-refractivity contribution in [2.24, 2.45) is 0 Å². The predicted molar refractivity (Wildman–Crippen MR) is 66.0 cm³/mol. The van der Waals surface area contributed by atoms with E-state index in [1.165, 1.54) is 24.3 Å². The van der Waals surface area contributed by atoms with E-state index in [9.17, 15) is 14.9 Å². The van der Waals surface area contributed by atoms with Gasteiger partial charge in [-0.25, -0.2) is 0 Å². The van der Waals surface area contributed by atoms with E-state index in [1.54, 1.807) is 6.07 Å². The highest BCUT2D eigenvalue weighted by Crippen LogP contribution is 2.23. The lowest BCUT2D eigenvalue weighted by molar-refractivity contribution is -0.384. The third kappa shape index (κ3) is 2.21. The zero-order chi connectivity index (χ0) is 13.1. The highest BCUT2D eigenvalue weighted by Gasteiger charge is 2.10. The van der Waals surface area contributed by atoms with E-state index in [1.807, 2.05) is 0 Å². The van der Waals surface area contributed by atoms with Gasteiger partial charge in [0.25, 0.3) is 11.2 Å². The van der Waals surface area contributed by atoms with Crippen molar-refractivity contribution in [1.82, 2.24) is 4.37 Å². The van der Waals surface area contributed by atoms with Gasteiger partial charge in [0.15, 0.2) is 5.56 Å². The van der Waals surface area contributed by atoms with E-state index in [0.29, 0.717) is 10.7 Å². The highest BCUT2D eigenvalue weighted by atomic mass is 32.1. The highest BCUT2D eigenvalue weighted by molar-refractivity contribution is 7.10. The molecule has 0 radical (unpaired) electrons. The number of hydrogen-bond acceptors (Lipinski definition) is 6. The minimum absolute atomic E-state index is 0.00153. The Morgan fingerprint density at radius 2 is 2.06 bits per heavy atom. The van der Waals surface area contributed by atoms with Crippen LogP contribution in [0.5, 0.6) is 0 Å². The first-order valence-corrected chi connectivity index (χ1v) is 5.56. The molecule has 0 amide bonds. The third-order valence-electron chi connectivity index (χ3n) is 2.15. The molecule has 7 nitrogen and oxygen atoms in total. The molecular weight excluding hydrogens is 256 g/mol. The zero-order valence-electron chi connectivity index (χ0n) is 8.84. The number of anilines is 2. The Morgan fingerprint density at radius 3 is 2.61 bits per heavy atom. The largest absolute Gasteiger partial charge is 0.345 e. The summed E-state index contributed by atoms with van der Waals surface area (Å²) in [5.74, 6) is 0. The van der Waals surface area contributed by atoms with Crippen molar-refractivity contribution in [3.05, 3.63) is 50.3 Å². The molecule has 18 heavy (non-hydrogen) atoms. The van der Waals surface area contributed by atoms with Gasteiger partial charge in [0.2, 0.25) is 0 Å². The molecule has 0 aliphatic carbocycles. The Hall–Kier alpha value is -2.66. The Morgan fingerprint density at radius 1 is 1.39 bits per heavy atom. The molecule has 2 rings (SSSR count). The van der Waals surface area contributed by atoms with Crippen molar-refractivity contribution in [3.8, 4) is 6.07 Å². The Balaban J connectivity index is 2.27. The van der Waals surface area contributed by atoms with E-state index < -0.39 is 10.5 Å². The van der Waals surface area contributed by atoms with Crippen LogP contribution < -0.4 is 10.9 Å². The van der Waals surface area contributed by atoms with Gasteiger partial charge in [-0.2, -0.15) is 5.26 Å². The summed E-state index contributed by atoms with van der Waals surface area (Å²) >= 11 is 1.00. The molecule has 0 atom stereocenters. The van der Waals surface area contributed by atoms with Gasteiger partial charge < -0.3 is 5.32 Å². The Kier molecular flexibility index (Phi) is 3.07. The molecule has 0 fully saturated rings. The minimum Gasteiger partial charge on any atom is -0.345 e. The SMILES string of the molecule is N#Cc1c(Nc2ccc([N+](=O)[O-])cc2)s[nH]c1=O. The van der Waals surface area contributed by atoms with Crippen molar-refractivity contribution < 1.29 is 4.92 Å². The van der Waals surface area contributed by atoms with E-state index in [2.05, 4.69) is 9.69 Å². The third-order valence-corrected chi connectivity index (χ3v) is 2.95. The van der Waals surface area contributed by atoms with E-state index in [4.69, 9.17) is 5.26 Å². The van der Waals surface area contributed by atoms with Gasteiger partial charge in [0.1, 0.15) is 11.1 Å². The second kappa shape index (κ2) is 4.68. The molecule has 0 aliphatic rings. The summed E-state index contributed by atoms with van der Waals surface area (Å²) in [6.45, 7) is 0. The number of nitrogens with one attached hydrogen (secondary N) is 2.